The zero-order valence-electron chi connectivity index (χ0n) is 21.8. The van der Waals surface area contributed by atoms with Crippen molar-refractivity contribution < 1.29 is 5.11 Å². The van der Waals surface area contributed by atoms with Gasteiger partial charge in [0.15, 0.2) is 0 Å². The maximum absolute atomic E-state index is 9.02. The van der Waals surface area contributed by atoms with Gasteiger partial charge < -0.3 is 10.4 Å². The van der Waals surface area contributed by atoms with Crippen LogP contribution in [-0.4, -0.2) is 11.7 Å². The summed E-state index contributed by atoms with van der Waals surface area (Å²) in [5.74, 6) is 1.10. The Balaban J connectivity index is 0. The first kappa shape index (κ1) is 32.7. The number of allylic oxidation sites excluding steroid dienone is 2. The molecule has 3 heteroatoms. The van der Waals surface area contributed by atoms with E-state index in [9.17, 15) is 0 Å². The van der Waals surface area contributed by atoms with E-state index < -0.39 is 0 Å². The highest BCUT2D eigenvalue weighted by molar-refractivity contribution is 6.30. The van der Waals surface area contributed by atoms with Crippen LogP contribution in [0.15, 0.2) is 85.6 Å². The molecule has 2 aromatic rings. The first-order chi connectivity index (χ1) is 15.5. The Morgan fingerprint density at radius 2 is 1.55 bits per heavy atom. The van der Waals surface area contributed by atoms with E-state index >= 15 is 0 Å². The number of rotatable bonds is 8. The molecule has 0 aromatic heterocycles. The molecule has 2 nitrogen and oxygen atoms in total. The van der Waals surface area contributed by atoms with E-state index in [4.69, 9.17) is 16.7 Å². The van der Waals surface area contributed by atoms with E-state index in [1.807, 2.05) is 50.2 Å². The Kier molecular flexibility index (Phi) is 21.2. The summed E-state index contributed by atoms with van der Waals surface area (Å²) in [6, 6.07) is 15.1. The second-order valence-corrected chi connectivity index (χ2v) is 9.07. The van der Waals surface area contributed by atoms with Gasteiger partial charge in [0.1, 0.15) is 5.75 Å². The van der Waals surface area contributed by atoms with Crippen molar-refractivity contribution in [2.24, 2.45) is 5.92 Å². The summed E-state index contributed by atoms with van der Waals surface area (Å²) >= 11 is 5.61. The second-order valence-electron chi connectivity index (χ2n) is 8.63. The number of hydrogen-bond donors (Lipinski definition) is 2. The van der Waals surface area contributed by atoms with Crippen molar-refractivity contribution in [1.82, 2.24) is 5.32 Å². The van der Waals surface area contributed by atoms with Crippen LogP contribution in [0.3, 0.4) is 0 Å². The van der Waals surface area contributed by atoms with Crippen LogP contribution in [0, 0.1) is 12.8 Å². The van der Waals surface area contributed by atoms with Crippen LogP contribution < -0.4 is 5.32 Å². The van der Waals surface area contributed by atoms with Crippen LogP contribution in [-0.2, 0) is 6.42 Å². The Hall–Kier alpha value is -2.45. The Morgan fingerprint density at radius 1 is 1.00 bits per heavy atom. The lowest BCUT2D eigenvalue weighted by atomic mass is 10.1. The zero-order chi connectivity index (χ0) is 25.6. The van der Waals surface area contributed by atoms with Crippen LogP contribution in [0.5, 0.6) is 5.75 Å². The van der Waals surface area contributed by atoms with Crippen molar-refractivity contribution in [2.45, 2.75) is 67.2 Å². The van der Waals surface area contributed by atoms with Gasteiger partial charge in [-0.3, -0.25) is 0 Å². The van der Waals surface area contributed by atoms with Crippen molar-refractivity contribution >= 4 is 11.6 Å². The number of halogens is 1. The number of hydrogen-bond acceptors (Lipinski definition) is 2. The fourth-order valence-corrected chi connectivity index (χ4v) is 2.62. The molecule has 0 saturated carbocycles. The third kappa shape index (κ3) is 25.7. The molecule has 0 aliphatic heterocycles. The van der Waals surface area contributed by atoms with Crippen LogP contribution in [0.1, 0.15) is 65.0 Å². The topological polar surface area (TPSA) is 32.3 Å². The smallest absolute Gasteiger partial charge is 0.115 e. The minimum atomic E-state index is 0.328. The van der Waals surface area contributed by atoms with Gasteiger partial charge in [0, 0.05) is 11.6 Å². The van der Waals surface area contributed by atoms with E-state index in [2.05, 4.69) is 52.7 Å². The number of phenolic OH excluding ortho intramolecular Hbond substituents is 1. The Morgan fingerprint density at radius 3 is 1.85 bits per heavy atom. The fraction of sp³-hybridized carbons (Fsp3) is 0.400. The maximum Gasteiger partial charge on any atom is 0.115 e. The van der Waals surface area contributed by atoms with Gasteiger partial charge in [-0.25, -0.2) is 0 Å². The fourth-order valence-electron chi connectivity index (χ4n) is 2.50. The molecule has 2 N–H and O–H groups in total. The molecule has 0 unspecified atom stereocenters. The summed E-state index contributed by atoms with van der Waals surface area (Å²) in [5, 5.41) is 12.8. The highest BCUT2D eigenvalue weighted by atomic mass is 35.5. The maximum atomic E-state index is 9.02. The highest BCUT2D eigenvalue weighted by Crippen LogP contribution is 2.12. The Labute approximate surface area is 209 Å². The van der Waals surface area contributed by atoms with Crippen molar-refractivity contribution in [2.75, 3.05) is 6.54 Å². The van der Waals surface area contributed by atoms with Crippen molar-refractivity contribution in [3.8, 4) is 5.75 Å². The molecule has 2 aromatic carbocycles. The van der Waals surface area contributed by atoms with Crippen molar-refractivity contribution in [1.29, 1.82) is 0 Å². The quantitative estimate of drug-likeness (QED) is 0.297. The Bertz CT molecular complexity index is 740. The monoisotopic (exact) mass is 471 g/mol. The zero-order valence-corrected chi connectivity index (χ0v) is 22.5. The summed E-state index contributed by atoms with van der Waals surface area (Å²) in [5.41, 5.74) is 4.98. The third-order valence-electron chi connectivity index (χ3n) is 4.08. The van der Waals surface area contributed by atoms with Crippen LogP contribution >= 0.6 is 11.6 Å². The summed E-state index contributed by atoms with van der Waals surface area (Å²) in [7, 11) is 0. The molecular formula is C30H46ClNO. The van der Waals surface area contributed by atoms with Gasteiger partial charge in [0.2, 0.25) is 0 Å². The van der Waals surface area contributed by atoms with Gasteiger partial charge in [-0.1, -0.05) is 79.9 Å². The lowest BCUT2D eigenvalue weighted by Gasteiger charge is -2.00. The van der Waals surface area contributed by atoms with E-state index in [-0.39, 0.29) is 0 Å². The molecule has 33 heavy (non-hydrogen) atoms. The minimum absolute atomic E-state index is 0.328. The predicted octanol–water partition coefficient (Wildman–Crippen LogP) is 9.29. The average molecular weight is 472 g/mol. The minimum Gasteiger partial charge on any atom is -0.508 e. The number of benzene rings is 2. The van der Waals surface area contributed by atoms with E-state index in [1.165, 1.54) is 35.1 Å². The molecule has 0 aliphatic rings. The standard InChI is InChI=1S/C11H14O.C7H7Cl.C7H14.C5H11N/c1-9(2)3-4-10-5-7-11(12)8-6-10;1-6-2-4-7(8)5-3-6;1-6(2)5-7(3)4;1-3-5-6-4-2/h5-8,12H,1,3-4H2,2H3;2-5H,1H3;7H,1,5H2,2-4H3;4,6H,2-3,5H2,1H3. The highest BCUT2D eigenvalue weighted by Gasteiger charge is 1.93. The van der Waals surface area contributed by atoms with Crippen LogP contribution in [0.4, 0.5) is 0 Å². The largest absolute Gasteiger partial charge is 0.508 e. The predicted molar refractivity (Wildman–Crippen MR) is 150 cm³/mol. The molecule has 0 spiro atoms. The summed E-state index contributed by atoms with van der Waals surface area (Å²) < 4.78 is 0. The molecule has 0 heterocycles. The summed E-state index contributed by atoms with van der Waals surface area (Å²) in [6.45, 7) is 24.8. The van der Waals surface area contributed by atoms with Crippen LogP contribution in [0.25, 0.3) is 0 Å². The first-order valence-corrected chi connectivity index (χ1v) is 12.0. The number of phenols is 1. The molecule has 2 rings (SSSR count). The van der Waals surface area contributed by atoms with Gasteiger partial charge in [-0.2, -0.15) is 0 Å². The SMILES string of the molecule is C=C(C)CC(C)C.C=C(C)CCc1ccc(O)cc1.C=CNCCC.Cc1ccc(Cl)cc1. The van der Waals surface area contributed by atoms with Crippen molar-refractivity contribution in [3.63, 3.8) is 0 Å². The summed E-state index contributed by atoms with van der Waals surface area (Å²) in [4.78, 5) is 0. The van der Waals surface area contributed by atoms with Gasteiger partial charge in [-0.05, 0) is 88.4 Å². The van der Waals surface area contributed by atoms with E-state index in [0.717, 1.165) is 30.3 Å². The molecule has 184 valence electrons. The van der Waals surface area contributed by atoms with Gasteiger partial charge in [0.05, 0.1) is 0 Å². The van der Waals surface area contributed by atoms with Gasteiger partial charge >= 0.3 is 0 Å². The van der Waals surface area contributed by atoms with E-state index in [1.54, 1.807) is 18.3 Å². The van der Waals surface area contributed by atoms with Gasteiger partial charge in [0.25, 0.3) is 0 Å². The molecule has 0 amide bonds. The van der Waals surface area contributed by atoms with E-state index in [0.29, 0.717) is 5.75 Å². The lowest BCUT2D eigenvalue weighted by molar-refractivity contribution is 0.475. The normalized spacial score (nSPS) is 9.21. The van der Waals surface area contributed by atoms with Gasteiger partial charge in [-0.15, -0.1) is 13.2 Å². The average Bonchev–Trinajstić information content (AvgIpc) is 2.74. The third-order valence-corrected chi connectivity index (χ3v) is 4.34. The molecular weight excluding hydrogens is 426 g/mol. The first-order valence-electron chi connectivity index (χ1n) is 11.6. The number of nitrogens with one attached hydrogen (secondary N) is 1. The second kappa shape index (κ2) is 21.4. The number of aryl methyl sites for hydroxylation is 2. The summed E-state index contributed by atoms with van der Waals surface area (Å²) in [6.07, 6.45) is 6.08. The molecule has 0 fully saturated rings. The molecule has 0 aliphatic carbocycles. The molecule has 0 saturated heterocycles. The molecule has 0 bridgehead atoms. The van der Waals surface area contributed by atoms with Crippen molar-refractivity contribution in [3.05, 3.63) is 102 Å². The number of aromatic hydroxyl groups is 1. The van der Waals surface area contributed by atoms with Crippen LogP contribution in [0.2, 0.25) is 5.02 Å². The molecule has 0 radical (unpaired) electrons. The lowest BCUT2D eigenvalue weighted by Crippen LogP contribution is -2.03. The molecule has 0 atom stereocenters.